The number of hydrogen-bond donors (Lipinski definition) is 1. The van der Waals surface area contributed by atoms with Gasteiger partial charge in [-0.1, -0.05) is 28.9 Å². The van der Waals surface area contributed by atoms with E-state index in [1.54, 1.807) is 21.0 Å². The van der Waals surface area contributed by atoms with E-state index < -0.39 is 11.5 Å². The summed E-state index contributed by atoms with van der Waals surface area (Å²) in [6, 6.07) is 5.71. The summed E-state index contributed by atoms with van der Waals surface area (Å²) in [7, 11) is 1.62. The van der Waals surface area contributed by atoms with Crippen LogP contribution >= 0.6 is 15.9 Å². The second kappa shape index (κ2) is 6.39. The molecule has 0 aromatic heterocycles. The van der Waals surface area contributed by atoms with Gasteiger partial charge >= 0.3 is 5.97 Å². The van der Waals surface area contributed by atoms with Gasteiger partial charge in [-0.2, -0.15) is 0 Å². The highest BCUT2D eigenvalue weighted by atomic mass is 79.9. The van der Waals surface area contributed by atoms with Crippen molar-refractivity contribution in [1.29, 1.82) is 0 Å². The lowest BCUT2D eigenvalue weighted by atomic mass is 10.0. The Bertz CT molecular complexity index is 460. The van der Waals surface area contributed by atoms with Crippen molar-refractivity contribution in [3.8, 4) is 5.75 Å². The van der Waals surface area contributed by atoms with Crippen LogP contribution in [-0.2, 0) is 11.3 Å². The molecule has 0 saturated carbocycles. The van der Waals surface area contributed by atoms with Crippen molar-refractivity contribution in [2.24, 2.45) is 0 Å². The van der Waals surface area contributed by atoms with Crippen LogP contribution in [-0.4, -0.2) is 35.2 Å². The summed E-state index contributed by atoms with van der Waals surface area (Å²) in [6.07, 6.45) is 0. The van der Waals surface area contributed by atoms with Gasteiger partial charge in [0.1, 0.15) is 11.3 Å². The van der Waals surface area contributed by atoms with E-state index in [4.69, 9.17) is 4.74 Å². The minimum Gasteiger partial charge on any atom is -0.497 e. The molecule has 1 aromatic carbocycles. The molecule has 0 aliphatic carbocycles. The van der Waals surface area contributed by atoms with Crippen molar-refractivity contribution >= 4 is 21.9 Å². The molecule has 106 valence electrons. The molecule has 0 aliphatic rings. The Kier molecular flexibility index (Phi) is 5.38. The molecule has 0 radical (unpaired) electrons. The van der Waals surface area contributed by atoms with Crippen molar-refractivity contribution in [2.45, 2.75) is 32.9 Å². The molecule has 0 saturated heterocycles. The van der Waals surface area contributed by atoms with E-state index >= 15 is 0 Å². The van der Waals surface area contributed by atoms with Crippen LogP contribution in [0.15, 0.2) is 22.7 Å². The maximum Gasteiger partial charge on any atom is 0.323 e. The standard InChI is InChI=1S/C14H20BrNO3/c1-5-16(14(2,3)13(17)18)9-10-6-7-11(19-4)8-12(10)15/h6-8H,5,9H2,1-4H3,(H,17,18). The number of hydrogen-bond acceptors (Lipinski definition) is 3. The van der Waals surface area contributed by atoms with Crippen LogP contribution in [0.1, 0.15) is 26.3 Å². The second-order valence-electron chi connectivity index (χ2n) is 4.84. The largest absolute Gasteiger partial charge is 0.497 e. The molecule has 0 amide bonds. The first kappa shape index (κ1) is 16.0. The van der Waals surface area contributed by atoms with E-state index in [0.717, 1.165) is 15.8 Å². The Hall–Kier alpha value is -1.07. The molecule has 0 unspecified atom stereocenters. The Morgan fingerprint density at radius 3 is 2.53 bits per heavy atom. The van der Waals surface area contributed by atoms with Gasteiger partial charge in [0.15, 0.2) is 0 Å². The molecule has 1 aromatic rings. The molecular formula is C14H20BrNO3. The maximum atomic E-state index is 11.3. The minimum atomic E-state index is -0.895. The maximum absolute atomic E-state index is 11.3. The summed E-state index contributed by atoms with van der Waals surface area (Å²) >= 11 is 3.50. The SMILES string of the molecule is CCN(Cc1ccc(OC)cc1Br)C(C)(C)C(=O)O. The quantitative estimate of drug-likeness (QED) is 0.871. The van der Waals surface area contributed by atoms with E-state index in [0.29, 0.717) is 13.1 Å². The number of halogens is 1. The number of likely N-dealkylation sites (N-methyl/N-ethyl adjacent to an activating group) is 1. The highest BCUT2D eigenvalue weighted by Gasteiger charge is 2.33. The van der Waals surface area contributed by atoms with Gasteiger partial charge in [0.2, 0.25) is 0 Å². The number of nitrogens with zero attached hydrogens (tertiary/aromatic N) is 1. The number of ether oxygens (including phenoxy) is 1. The Balaban J connectivity index is 2.96. The van der Waals surface area contributed by atoms with Crippen molar-refractivity contribution in [3.05, 3.63) is 28.2 Å². The van der Waals surface area contributed by atoms with E-state index in [-0.39, 0.29) is 0 Å². The van der Waals surface area contributed by atoms with Gasteiger partial charge in [0.25, 0.3) is 0 Å². The lowest BCUT2D eigenvalue weighted by Crippen LogP contribution is -2.49. The average molecular weight is 330 g/mol. The number of rotatable bonds is 6. The first-order valence-corrected chi connectivity index (χ1v) is 6.93. The van der Waals surface area contributed by atoms with Gasteiger partial charge in [-0.05, 0) is 38.1 Å². The first-order chi connectivity index (χ1) is 8.82. The number of carboxylic acid groups (broad SMARTS) is 1. The van der Waals surface area contributed by atoms with Crippen molar-refractivity contribution < 1.29 is 14.6 Å². The van der Waals surface area contributed by atoms with Crippen molar-refractivity contribution in [1.82, 2.24) is 4.90 Å². The molecule has 19 heavy (non-hydrogen) atoms. The van der Waals surface area contributed by atoms with Gasteiger partial charge < -0.3 is 9.84 Å². The van der Waals surface area contributed by atoms with Gasteiger partial charge in [0, 0.05) is 11.0 Å². The van der Waals surface area contributed by atoms with Crippen LogP contribution in [0.5, 0.6) is 5.75 Å². The Morgan fingerprint density at radius 2 is 2.11 bits per heavy atom. The average Bonchev–Trinajstić information content (AvgIpc) is 2.36. The molecule has 5 heteroatoms. The smallest absolute Gasteiger partial charge is 0.323 e. The summed E-state index contributed by atoms with van der Waals surface area (Å²) in [6.45, 7) is 6.63. The summed E-state index contributed by atoms with van der Waals surface area (Å²) < 4.78 is 6.07. The van der Waals surface area contributed by atoms with Crippen LogP contribution < -0.4 is 4.74 Å². The molecule has 4 nitrogen and oxygen atoms in total. The summed E-state index contributed by atoms with van der Waals surface area (Å²) in [5, 5.41) is 9.30. The van der Waals surface area contributed by atoms with E-state index in [1.807, 2.05) is 30.0 Å². The molecule has 1 rings (SSSR count). The number of carbonyl (C=O) groups is 1. The van der Waals surface area contributed by atoms with Gasteiger partial charge in [-0.25, -0.2) is 0 Å². The lowest BCUT2D eigenvalue weighted by molar-refractivity contribution is -0.149. The summed E-state index contributed by atoms with van der Waals surface area (Å²) in [5.74, 6) is -0.0462. The fourth-order valence-electron chi connectivity index (χ4n) is 1.83. The third kappa shape index (κ3) is 3.70. The normalized spacial score (nSPS) is 11.7. The molecule has 0 fully saturated rings. The zero-order valence-electron chi connectivity index (χ0n) is 11.7. The predicted octanol–water partition coefficient (Wildman–Crippen LogP) is 3.14. The number of methoxy groups -OCH3 is 1. The van der Waals surface area contributed by atoms with Crippen LogP contribution in [0, 0.1) is 0 Å². The van der Waals surface area contributed by atoms with Gasteiger partial charge in [0.05, 0.1) is 7.11 Å². The Morgan fingerprint density at radius 1 is 1.47 bits per heavy atom. The van der Waals surface area contributed by atoms with E-state index in [1.165, 1.54) is 0 Å². The number of aliphatic carboxylic acids is 1. The van der Waals surface area contributed by atoms with Crippen molar-refractivity contribution in [3.63, 3.8) is 0 Å². The summed E-state index contributed by atoms with van der Waals surface area (Å²) in [5.41, 5.74) is 0.144. The molecule has 0 spiro atoms. The highest BCUT2D eigenvalue weighted by Crippen LogP contribution is 2.26. The third-order valence-electron chi connectivity index (χ3n) is 3.32. The molecule has 1 N–H and O–H groups in total. The zero-order valence-corrected chi connectivity index (χ0v) is 13.3. The number of carboxylic acids is 1. The van der Waals surface area contributed by atoms with Gasteiger partial charge in [-0.15, -0.1) is 0 Å². The molecular weight excluding hydrogens is 310 g/mol. The molecule has 0 heterocycles. The fraction of sp³-hybridized carbons (Fsp3) is 0.500. The Labute approximate surface area is 122 Å². The predicted molar refractivity (Wildman–Crippen MR) is 78.5 cm³/mol. The third-order valence-corrected chi connectivity index (χ3v) is 4.06. The highest BCUT2D eigenvalue weighted by molar-refractivity contribution is 9.10. The van der Waals surface area contributed by atoms with Gasteiger partial charge in [-0.3, -0.25) is 9.69 Å². The first-order valence-electron chi connectivity index (χ1n) is 6.13. The van der Waals surface area contributed by atoms with Crippen LogP contribution in [0.3, 0.4) is 0 Å². The lowest BCUT2D eigenvalue weighted by Gasteiger charge is -2.34. The van der Waals surface area contributed by atoms with Crippen LogP contribution in [0.25, 0.3) is 0 Å². The van der Waals surface area contributed by atoms with E-state index in [2.05, 4.69) is 15.9 Å². The molecule has 0 atom stereocenters. The number of benzene rings is 1. The zero-order chi connectivity index (χ0) is 14.6. The minimum absolute atomic E-state index is 0.570. The van der Waals surface area contributed by atoms with Crippen LogP contribution in [0.2, 0.25) is 0 Å². The fourth-order valence-corrected chi connectivity index (χ4v) is 2.31. The molecule has 0 aliphatic heterocycles. The monoisotopic (exact) mass is 329 g/mol. The second-order valence-corrected chi connectivity index (χ2v) is 5.69. The van der Waals surface area contributed by atoms with Crippen molar-refractivity contribution in [2.75, 3.05) is 13.7 Å². The summed E-state index contributed by atoms with van der Waals surface area (Å²) in [4.78, 5) is 13.2. The topological polar surface area (TPSA) is 49.8 Å². The van der Waals surface area contributed by atoms with Crippen LogP contribution in [0.4, 0.5) is 0 Å². The van der Waals surface area contributed by atoms with E-state index in [9.17, 15) is 9.90 Å². The molecule has 0 bridgehead atoms.